The fourth-order valence-electron chi connectivity index (χ4n) is 4.82. The minimum Gasteiger partial charge on any atom is -0.324 e. The molecule has 2 fully saturated rings. The molecular formula is C23H26ClF2N3O. The van der Waals surface area contributed by atoms with Crippen molar-refractivity contribution in [2.24, 2.45) is 5.41 Å². The molecule has 1 unspecified atom stereocenters. The molecule has 160 valence electrons. The molecule has 2 aromatic carbocycles. The summed E-state index contributed by atoms with van der Waals surface area (Å²) in [6.07, 6.45) is 1.76. The summed E-state index contributed by atoms with van der Waals surface area (Å²) >= 11 is 6.08. The molecule has 1 spiro atoms. The van der Waals surface area contributed by atoms with Crippen LogP contribution in [0.5, 0.6) is 0 Å². The number of amides is 2. The van der Waals surface area contributed by atoms with Crippen LogP contribution in [-0.2, 0) is 0 Å². The van der Waals surface area contributed by atoms with Crippen LogP contribution in [0.3, 0.4) is 0 Å². The van der Waals surface area contributed by atoms with Crippen molar-refractivity contribution in [2.75, 3.05) is 25.0 Å². The number of piperidine rings is 1. The molecule has 2 amide bonds. The summed E-state index contributed by atoms with van der Waals surface area (Å²) in [7, 11) is 0. The van der Waals surface area contributed by atoms with Gasteiger partial charge in [-0.3, -0.25) is 4.90 Å². The largest absolute Gasteiger partial charge is 0.324 e. The summed E-state index contributed by atoms with van der Waals surface area (Å²) in [6, 6.07) is 11.6. The van der Waals surface area contributed by atoms with Crippen molar-refractivity contribution in [1.82, 2.24) is 9.80 Å². The van der Waals surface area contributed by atoms with Crippen molar-refractivity contribution in [3.05, 3.63) is 64.7 Å². The van der Waals surface area contributed by atoms with Gasteiger partial charge in [-0.15, -0.1) is 0 Å². The predicted molar refractivity (Wildman–Crippen MR) is 115 cm³/mol. The normalized spacial score (nSPS) is 21.0. The second kappa shape index (κ2) is 8.16. The summed E-state index contributed by atoms with van der Waals surface area (Å²) in [5.74, 6) is -1.44. The molecule has 2 aliphatic heterocycles. The molecule has 1 N–H and O–H groups in total. The Balaban J connectivity index is 1.44. The first-order chi connectivity index (χ1) is 14.3. The van der Waals surface area contributed by atoms with E-state index in [1.807, 2.05) is 12.1 Å². The van der Waals surface area contributed by atoms with E-state index in [9.17, 15) is 13.6 Å². The number of anilines is 1. The summed E-state index contributed by atoms with van der Waals surface area (Å²) in [5.41, 5.74) is 1.37. The zero-order valence-electron chi connectivity index (χ0n) is 17.2. The number of carbonyl (C=O) groups is 1. The minimum absolute atomic E-state index is 0.00430. The third-order valence-corrected chi connectivity index (χ3v) is 6.73. The van der Waals surface area contributed by atoms with Gasteiger partial charge < -0.3 is 10.2 Å². The van der Waals surface area contributed by atoms with Gasteiger partial charge in [0.1, 0.15) is 11.6 Å². The Kier molecular flexibility index (Phi) is 5.73. The first kappa shape index (κ1) is 21.1. The highest BCUT2D eigenvalue weighted by molar-refractivity contribution is 6.30. The van der Waals surface area contributed by atoms with Crippen LogP contribution in [0.4, 0.5) is 19.3 Å². The van der Waals surface area contributed by atoms with Gasteiger partial charge in [0.15, 0.2) is 0 Å². The number of likely N-dealkylation sites (tertiary alicyclic amines) is 2. The average Bonchev–Trinajstić information content (AvgIpc) is 2.70. The molecule has 2 aromatic rings. The van der Waals surface area contributed by atoms with Crippen molar-refractivity contribution in [2.45, 2.75) is 38.8 Å². The second-order valence-corrected chi connectivity index (χ2v) is 9.06. The van der Waals surface area contributed by atoms with Crippen LogP contribution in [-0.4, -0.2) is 41.5 Å². The molecule has 0 saturated carbocycles. The number of benzene rings is 2. The number of nitrogens with one attached hydrogen (secondary N) is 1. The van der Waals surface area contributed by atoms with Crippen LogP contribution in [0.2, 0.25) is 5.02 Å². The van der Waals surface area contributed by atoms with Gasteiger partial charge in [-0.05, 0) is 56.5 Å². The summed E-state index contributed by atoms with van der Waals surface area (Å²) in [6.45, 7) is 6.61. The standard InChI is InChI=1S/C23H26ClF2N3O/c1-15(2)29-14-23(21(29)16-3-5-17(24)6-4-16)9-11-28(12-10-23)22(30)27-20-8-7-18(25)13-19(20)26/h3-8,13,15,21H,9-12,14H2,1-2H3,(H,27,30). The third-order valence-electron chi connectivity index (χ3n) is 6.48. The predicted octanol–water partition coefficient (Wildman–Crippen LogP) is 5.70. The SMILES string of the molecule is CC(C)N1CC2(CCN(C(=O)Nc3ccc(F)cc3F)CC2)C1c1ccc(Cl)cc1. The van der Waals surface area contributed by atoms with E-state index >= 15 is 0 Å². The molecule has 0 aromatic heterocycles. The van der Waals surface area contributed by atoms with Crippen LogP contribution in [0.1, 0.15) is 38.3 Å². The smallest absolute Gasteiger partial charge is 0.321 e. The van der Waals surface area contributed by atoms with E-state index in [1.54, 1.807) is 4.90 Å². The highest BCUT2D eigenvalue weighted by atomic mass is 35.5. The van der Waals surface area contributed by atoms with Gasteiger partial charge in [0, 0.05) is 48.2 Å². The minimum atomic E-state index is -0.772. The van der Waals surface area contributed by atoms with Gasteiger partial charge in [0.2, 0.25) is 0 Å². The fourth-order valence-corrected chi connectivity index (χ4v) is 4.95. The molecule has 0 bridgehead atoms. The molecule has 7 heteroatoms. The van der Waals surface area contributed by atoms with Crippen LogP contribution >= 0.6 is 11.6 Å². The van der Waals surface area contributed by atoms with Crippen molar-refractivity contribution in [3.63, 3.8) is 0 Å². The van der Waals surface area contributed by atoms with Gasteiger partial charge in [0.05, 0.1) is 5.69 Å². The molecule has 30 heavy (non-hydrogen) atoms. The van der Waals surface area contributed by atoms with Gasteiger partial charge >= 0.3 is 6.03 Å². The van der Waals surface area contributed by atoms with Gasteiger partial charge in [-0.25, -0.2) is 13.6 Å². The molecule has 2 saturated heterocycles. The maximum Gasteiger partial charge on any atom is 0.321 e. The first-order valence-corrected chi connectivity index (χ1v) is 10.7. The zero-order chi connectivity index (χ0) is 21.5. The Hall–Kier alpha value is -2.18. The highest BCUT2D eigenvalue weighted by Crippen LogP contribution is 2.55. The molecular weight excluding hydrogens is 408 g/mol. The lowest BCUT2D eigenvalue weighted by atomic mass is 9.62. The van der Waals surface area contributed by atoms with Crippen LogP contribution in [0.25, 0.3) is 0 Å². The Morgan fingerprint density at radius 1 is 1.13 bits per heavy atom. The topological polar surface area (TPSA) is 35.6 Å². The maximum atomic E-state index is 13.9. The van der Waals surface area contributed by atoms with E-state index in [0.717, 1.165) is 36.5 Å². The second-order valence-electron chi connectivity index (χ2n) is 8.62. The van der Waals surface area contributed by atoms with Gasteiger partial charge in [-0.2, -0.15) is 0 Å². The lowest BCUT2D eigenvalue weighted by Crippen LogP contribution is -2.64. The van der Waals surface area contributed by atoms with Crippen LogP contribution < -0.4 is 5.32 Å². The number of hydrogen-bond acceptors (Lipinski definition) is 2. The van der Waals surface area contributed by atoms with E-state index in [-0.39, 0.29) is 17.1 Å². The van der Waals surface area contributed by atoms with Crippen molar-refractivity contribution >= 4 is 23.3 Å². The Bertz CT molecular complexity index is 927. The molecule has 4 nitrogen and oxygen atoms in total. The number of rotatable bonds is 3. The Labute approximate surface area is 180 Å². The molecule has 4 rings (SSSR count). The van der Waals surface area contributed by atoms with Crippen molar-refractivity contribution in [3.8, 4) is 0 Å². The number of urea groups is 1. The lowest BCUT2D eigenvalue weighted by molar-refractivity contribution is -0.123. The average molecular weight is 434 g/mol. The number of hydrogen-bond donors (Lipinski definition) is 1. The lowest BCUT2D eigenvalue weighted by Gasteiger charge is -2.62. The fraction of sp³-hybridized carbons (Fsp3) is 0.435. The van der Waals surface area contributed by atoms with Crippen LogP contribution in [0.15, 0.2) is 42.5 Å². The number of nitrogens with zero attached hydrogens (tertiary/aromatic N) is 2. The molecule has 1 atom stereocenters. The molecule has 0 aliphatic carbocycles. The summed E-state index contributed by atoms with van der Waals surface area (Å²) in [5, 5.41) is 3.29. The molecule has 2 aliphatic rings. The first-order valence-electron chi connectivity index (χ1n) is 10.3. The highest BCUT2D eigenvalue weighted by Gasteiger charge is 2.54. The maximum absolute atomic E-state index is 13.9. The van der Waals surface area contributed by atoms with Crippen LogP contribution in [0, 0.1) is 17.0 Å². The van der Waals surface area contributed by atoms with E-state index in [4.69, 9.17) is 11.6 Å². The summed E-state index contributed by atoms with van der Waals surface area (Å²) < 4.78 is 26.9. The monoisotopic (exact) mass is 433 g/mol. The zero-order valence-corrected chi connectivity index (χ0v) is 17.9. The summed E-state index contributed by atoms with van der Waals surface area (Å²) in [4.78, 5) is 16.8. The molecule has 2 heterocycles. The number of halogens is 3. The van der Waals surface area contributed by atoms with E-state index < -0.39 is 11.6 Å². The molecule has 0 radical (unpaired) electrons. The van der Waals surface area contributed by atoms with E-state index in [2.05, 4.69) is 36.2 Å². The van der Waals surface area contributed by atoms with Gasteiger partial charge in [-0.1, -0.05) is 23.7 Å². The van der Waals surface area contributed by atoms with Gasteiger partial charge in [0.25, 0.3) is 0 Å². The van der Waals surface area contributed by atoms with E-state index in [0.29, 0.717) is 25.2 Å². The number of carbonyl (C=O) groups excluding carboxylic acids is 1. The quantitative estimate of drug-likeness (QED) is 0.674. The third kappa shape index (κ3) is 3.91. The Morgan fingerprint density at radius 3 is 2.40 bits per heavy atom. The van der Waals surface area contributed by atoms with Crippen molar-refractivity contribution in [1.29, 1.82) is 0 Å². The Morgan fingerprint density at radius 2 is 1.80 bits per heavy atom. The van der Waals surface area contributed by atoms with Crippen molar-refractivity contribution < 1.29 is 13.6 Å². The van der Waals surface area contributed by atoms with E-state index in [1.165, 1.54) is 11.6 Å².